The van der Waals surface area contributed by atoms with Gasteiger partial charge in [-0.1, -0.05) is 19.9 Å². The number of carbonyl (C=O) groups excluding carboxylic acids is 1. The highest BCUT2D eigenvalue weighted by atomic mass is 32.2. The second-order valence-electron chi connectivity index (χ2n) is 9.78. The number of anilines is 1. The molecule has 0 radical (unpaired) electrons. The summed E-state index contributed by atoms with van der Waals surface area (Å²) in [4.78, 5) is 23.8. The summed E-state index contributed by atoms with van der Waals surface area (Å²) in [5.41, 5.74) is 0.0170. The third-order valence-electron chi connectivity index (χ3n) is 7.11. The zero-order valence-corrected chi connectivity index (χ0v) is 20.4. The molecule has 0 aromatic carbocycles. The first-order valence-electron chi connectivity index (χ1n) is 11.5. The Bertz CT molecular complexity index is 1130. The molecule has 4 rings (SSSR count). The van der Waals surface area contributed by atoms with Crippen molar-refractivity contribution in [3.63, 3.8) is 0 Å². The molecule has 3 unspecified atom stereocenters. The van der Waals surface area contributed by atoms with Gasteiger partial charge < -0.3 is 9.64 Å². The van der Waals surface area contributed by atoms with Crippen LogP contribution in [0.25, 0.3) is 0 Å². The highest BCUT2D eigenvalue weighted by Crippen LogP contribution is 2.38. The molecule has 33 heavy (non-hydrogen) atoms. The number of hydrogen-bond acceptors (Lipinski definition) is 7. The minimum absolute atomic E-state index is 0.0317. The zero-order valence-electron chi connectivity index (χ0n) is 19.6. The van der Waals surface area contributed by atoms with E-state index in [1.165, 1.54) is 6.07 Å². The van der Waals surface area contributed by atoms with E-state index < -0.39 is 15.9 Å². The number of aromatic nitrogens is 2. The summed E-state index contributed by atoms with van der Waals surface area (Å²) in [5, 5.41) is -0.250. The Labute approximate surface area is 195 Å². The normalized spacial score (nSPS) is 24.6. The van der Waals surface area contributed by atoms with E-state index in [1.807, 2.05) is 0 Å². The number of sulfonamides is 1. The topological polar surface area (TPSA) is 101 Å². The van der Waals surface area contributed by atoms with E-state index in [2.05, 4.69) is 47.3 Å². The number of carbonyl (C=O) groups is 1. The van der Waals surface area contributed by atoms with Gasteiger partial charge in [0.15, 0.2) is 5.03 Å². The predicted molar refractivity (Wildman–Crippen MR) is 126 cm³/mol. The van der Waals surface area contributed by atoms with Crippen molar-refractivity contribution in [2.24, 2.45) is 11.8 Å². The van der Waals surface area contributed by atoms with Gasteiger partial charge in [-0.15, -0.1) is 0 Å². The lowest BCUT2D eigenvalue weighted by molar-refractivity contribution is 0.0981. The number of ether oxygens (including phenoxy) is 1. The van der Waals surface area contributed by atoms with Crippen molar-refractivity contribution in [2.45, 2.75) is 70.0 Å². The summed E-state index contributed by atoms with van der Waals surface area (Å²) in [6, 6.07) is 7.80. The number of hydrogen-bond donors (Lipinski definition) is 1. The van der Waals surface area contributed by atoms with E-state index in [9.17, 15) is 13.2 Å². The molecule has 3 heterocycles. The molecule has 1 N–H and O–H groups in total. The molecular weight excluding hydrogens is 440 g/mol. The first-order chi connectivity index (χ1) is 15.6. The summed E-state index contributed by atoms with van der Waals surface area (Å²) >= 11 is 0. The van der Waals surface area contributed by atoms with E-state index >= 15 is 0 Å². The molecule has 9 heteroatoms. The summed E-state index contributed by atoms with van der Waals surface area (Å²) in [5.74, 6) is 0.998. The smallest absolute Gasteiger partial charge is 0.281 e. The average molecular weight is 473 g/mol. The van der Waals surface area contributed by atoms with Crippen molar-refractivity contribution in [2.75, 3.05) is 11.4 Å². The van der Waals surface area contributed by atoms with Crippen molar-refractivity contribution >= 4 is 21.7 Å². The monoisotopic (exact) mass is 472 g/mol. The molecule has 0 bridgehead atoms. The molecule has 1 amide bonds. The second-order valence-corrected chi connectivity index (χ2v) is 11.4. The fourth-order valence-corrected chi connectivity index (χ4v) is 5.60. The van der Waals surface area contributed by atoms with Gasteiger partial charge in [0.25, 0.3) is 15.9 Å². The van der Waals surface area contributed by atoms with E-state index in [0.29, 0.717) is 17.7 Å². The molecular formula is C24H32N4O4S. The fraction of sp³-hybridized carbons (Fsp3) is 0.542. The lowest BCUT2D eigenvalue weighted by Gasteiger charge is -2.36. The number of amides is 1. The Kier molecular flexibility index (Phi) is 6.35. The average Bonchev–Trinajstić information content (AvgIpc) is 3.29. The van der Waals surface area contributed by atoms with Gasteiger partial charge in [-0.25, -0.2) is 9.71 Å². The number of nitrogens with one attached hydrogen (secondary N) is 1. The van der Waals surface area contributed by atoms with Gasteiger partial charge in [0.1, 0.15) is 11.9 Å². The second kappa shape index (κ2) is 8.93. The molecule has 3 atom stereocenters. The third kappa shape index (κ3) is 4.83. The summed E-state index contributed by atoms with van der Waals surface area (Å²) in [7, 11) is -4.19. The lowest BCUT2D eigenvalue weighted by Crippen LogP contribution is -2.43. The Morgan fingerprint density at radius 2 is 1.94 bits per heavy atom. The van der Waals surface area contributed by atoms with Crippen LogP contribution in [0.2, 0.25) is 0 Å². The molecule has 1 aliphatic carbocycles. The Balaban J connectivity index is 1.54. The van der Waals surface area contributed by atoms with Crippen LogP contribution in [-0.2, 0) is 10.0 Å². The van der Waals surface area contributed by atoms with Gasteiger partial charge in [0.2, 0.25) is 5.88 Å². The standard InChI is InChI=1S/C24H32N4O4S/c1-16-10-11-18(15-16)32-20-8-5-9-21(26-20)33(30,31)27-23(29)19-7-6-13-25-22(19)28-14-12-17(2)24(28,3)4/h5-9,13,16-18H,10-12,14-15H2,1-4H3,(H,27,29). The van der Waals surface area contributed by atoms with Crippen LogP contribution in [0.15, 0.2) is 41.6 Å². The van der Waals surface area contributed by atoms with Gasteiger partial charge in [0.05, 0.1) is 5.56 Å². The first-order valence-corrected chi connectivity index (χ1v) is 13.0. The van der Waals surface area contributed by atoms with Gasteiger partial charge in [-0.2, -0.15) is 13.4 Å². The Morgan fingerprint density at radius 1 is 1.15 bits per heavy atom. The molecule has 1 saturated heterocycles. The fourth-order valence-electron chi connectivity index (χ4n) is 4.67. The molecule has 2 aliphatic rings. The SMILES string of the molecule is CC1CCC(Oc2cccc(S(=O)(=O)NC(=O)c3cccnc3N3CCC(C)C3(C)C)n2)C1. The summed E-state index contributed by atoms with van der Waals surface area (Å²) in [6.07, 6.45) is 5.55. The number of rotatable bonds is 6. The molecule has 0 spiro atoms. The molecule has 2 aromatic heterocycles. The van der Waals surface area contributed by atoms with Crippen LogP contribution in [0.3, 0.4) is 0 Å². The van der Waals surface area contributed by atoms with Crippen LogP contribution in [0, 0.1) is 11.8 Å². The van der Waals surface area contributed by atoms with Crippen LogP contribution >= 0.6 is 0 Å². The van der Waals surface area contributed by atoms with Crippen molar-refractivity contribution in [3.05, 3.63) is 42.1 Å². The minimum Gasteiger partial charge on any atom is -0.474 e. The molecule has 178 valence electrons. The van der Waals surface area contributed by atoms with E-state index in [0.717, 1.165) is 32.2 Å². The van der Waals surface area contributed by atoms with Gasteiger partial charge >= 0.3 is 0 Å². The van der Waals surface area contributed by atoms with Crippen molar-refractivity contribution in [1.29, 1.82) is 0 Å². The van der Waals surface area contributed by atoms with Crippen molar-refractivity contribution in [1.82, 2.24) is 14.7 Å². The maximum atomic E-state index is 13.1. The molecule has 1 saturated carbocycles. The summed E-state index contributed by atoms with van der Waals surface area (Å²) < 4.78 is 34.0. The summed E-state index contributed by atoms with van der Waals surface area (Å²) in [6.45, 7) is 9.30. The predicted octanol–water partition coefficient (Wildman–Crippen LogP) is 3.79. The maximum absolute atomic E-state index is 13.1. The van der Waals surface area contributed by atoms with Gasteiger partial charge in [-0.05, 0) is 69.6 Å². The lowest BCUT2D eigenvalue weighted by atomic mass is 9.90. The highest BCUT2D eigenvalue weighted by Gasteiger charge is 2.40. The maximum Gasteiger partial charge on any atom is 0.281 e. The van der Waals surface area contributed by atoms with Crippen molar-refractivity contribution in [3.8, 4) is 5.88 Å². The molecule has 2 fully saturated rings. The number of pyridine rings is 2. The van der Waals surface area contributed by atoms with E-state index in [-0.39, 0.29) is 28.1 Å². The quantitative estimate of drug-likeness (QED) is 0.682. The van der Waals surface area contributed by atoms with Crippen molar-refractivity contribution < 1.29 is 17.9 Å². The minimum atomic E-state index is -4.19. The van der Waals surface area contributed by atoms with Gasteiger partial charge in [-0.3, -0.25) is 4.79 Å². The van der Waals surface area contributed by atoms with Crippen LogP contribution < -0.4 is 14.4 Å². The molecule has 2 aromatic rings. The molecule has 1 aliphatic heterocycles. The van der Waals surface area contributed by atoms with Crippen LogP contribution in [0.4, 0.5) is 5.82 Å². The van der Waals surface area contributed by atoms with Crippen LogP contribution in [0.5, 0.6) is 5.88 Å². The van der Waals surface area contributed by atoms with E-state index in [4.69, 9.17) is 4.74 Å². The van der Waals surface area contributed by atoms with E-state index in [1.54, 1.807) is 30.5 Å². The Morgan fingerprint density at radius 3 is 2.61 bits per heavy atom. The first kappa shape index (κ1) is 23.5. The largest absolute Gasteiger partial charge is 0.474 e. The van der Waals surface area contributed by atoms with Crippen LogP contribution in [-0.4, -0.2) is 42.5 Å². The van der Waals surface area contributed by atoms with Gasteiger partial charge in [0, 0.05) is 24.3 Å². The Hall–Kier alpha value is -2.68. The number of nitrogens with zero attached hydrogens (tertiary/aromatic N) is 3. The zero-order chi connectivity index (χ0) is 23.8. The van der Waals surface area contributed by atoms with Crippen LogP contribution in [0.1, 0.15) is 63.7 Å². The highest BCUT2D eigenvalue weighted by molar-refractivity contribution is 7.90. The third-order valence-corrected chi connectivity index (χ3v) is 8.34. The molecule has 8 nitrogen and oxygen atoms in total.